The van der Waals surface area contributed by atoms with Crippen molar-refractivity contribution in [3.05, 3.63) is 69.8 Å². The number of hydrogen-bond acceptors (Lipinski definition) is 4. The van der Waals surface area contributed by atoms with Crippen LogP contribution in [-0.4, -0.2) is 15.9 Å². The fourth-order valence-corrected chi connectivity index (χ4v) is 2.20. The molecule has 6 nitrogen and oxygen atoms in total. The van der Waals surface area contributed by atoms with Crippen molar-refractivity contribution in [1.29, 1.82) is 0 Å². The van der Waals surface area contributed by atoms with Crippen LogP contribution in [0.3, 0.4) is 0 Å². The maximum Gasteiger partial charge on any atom is 0.312 e. The molecule has 0 aliphatic rings. The Morgan fingerprint density at radius 2 is 1.80 bits per heavy atom. The van der Waals surface area contributed by atoms with Gasteiger partial charge in [0.2, 0.25) is 5.91 Å². The Hall–Kier alpha value is -3.15. The van der Waals surface area contributed by atoms with E-state index in [4.69, 9.17) is 0 Å². The van der Waals surface area contributed by atoms with Crippen molar-refractivity contribution in [3.8, 4) is 5.75 Å². The number of carbonyl (C=O) groups excluding carboxylic acids is 1. The van der Waals surface area contributed by atoms with Gasteiger partial charge in [-0.25, -0.2) is 0 Å². The molecule has 0 saturated carbocycles. The molecule has 0 spiro atoms. The highest BCUT2D eigenvalue weighted by Crippen LogP contribution is 2.28. The van der Waals surface area contributed by atoms with Crippen molar-refractivity contribution in [2.45, 2.75) is 26.2 Å². The normalized spacial score (nSPS) is 11.5. The molecule has 0 aromatic heterocycles. The summed E-state index contributed by atoms with van der Waals surface area (Å²) in [5.41, 5.74) is 1.92. The van der Waals surface area contributed by atoms with Crippen LogP contribution in [0.5, 0.6) is 5.75 Å². The van der Waals surface area contributed by atoms with E-state index in [0.29, 0.717) is 0 Å². The Bertz CT molecular complexity index is 818. The quantitative estimate of drug-likeness (QED) is 0.377. The average molecular weight is 340 g/mol. The first kappa shape index (κ1) is 18.2. The maximum atomic E-state index is 11.9. The highest BCUT2D eigenvalue weighted by molar-refractivity contribution is 6.02. The van der Waals surface area contributed by atoms with Crippen LogP contribution in [-0.2, 0) is 10.2 Å². The lowest BCUT2D eigenvalue weighted by Crippen LogP contribution is -2.10. The Balaban J connectivity index is 2.06. The second-order valence-corrected chi connectivity index (χ2v) is 6.66. The van der Waals surface area contributed by atoms with E-state index in [1.54, 1.807) is 6.08 Å². The number of nitrogens with zero attached hydrogens (tertiary/aromatic N) is 1. The van der Waals surface area contributed by atoms with Gasteiger partial charge in [-0.1, -0.05) is 45.0 Å². The summed E-state index contributed by atoms with van der Waals surface area (Å²) in [6, 6.07) is 11.6. The van der Waals surface area contributed by atoms with Gasteiger partial charge in [-0.3, -0.25) is 14.9 Å². The number of nitro benzene ring substituents is 1. The second-order valence-electron chi connectivity index (χ2n) is 6.66. The van der Waals surface area contributed by atoms with E-state index in [0.717, 1.165) is 11.6 Å². The Morgan fingerprint density at radius 1 is 1.16 bits per heavy atom. The molecule has 2 aromatic carbocycles. The molecule has 25 heavy (non-hydrogen) atoms. The fraction of sp³-hybridized carbons (Fsp3) is 0.211. The molecule has 0 fully saturated rings. The van der Waals surface area contributed by atoms with E-state index >= 15 is 0 Å². The largest absolute Gasteiger partial charge is 0.502 e. The van der Waals surface area contributed by atoms with Gasteiger partial charge in [-0.2, -0.15) is 0 Å². The lowest BCUT2D eigenvalue weighted by Gasteiger charge is -2.18. The number of phenols is 1. The Labute approximate surface area is 146 Å². The number of nitro groups is 1. The number of hydrogen-bond donors (Lipinski definition) is 2. The lowest BCUT2D eigenvalue weighted by atomic mass is 9.87. The highest BCUT2D eigenvalue weighted by Gasteiger charge is 2.14. The van der Waals surface area contributed by atoms with Gasteiger partial charge in [0.15, 0.2) is 5.75 Å². The number of aromatic hydroxyl groups is 1. The molecule has 2 rings (SSSR count). The van der Waals surface area contributed by atoms with Crippen LogP contribution < -0.4 is 5.32 Å². The molecule has 0 radical (unpaired) electrons. The summed E-state index contributed by atoms with van der Waals surface area (Å²) >= 11 is 0. The van der Waals surface area contributed by atoms with E-state index in [9.17, 15) is 20.0 Å². The minimum absolute atomic E-state index is 0.0627. The lowest BCUT2D eigenvalue weighted by molar-refractivity contribution is -0.385. The molecule has 6 heteroatoms. The van der Waals surface area contributed by atoms with Crippen molar-refractivity contribution >= 4 is 23.4 Å². The first-order chi connectivity index (χ1) is 11.7. The van der Waals surface area contributed by atoms with E-state index in [2.05, 4.69) is 26.1 Å². The Kier molecular flexibility index (Phi) is 5.22. The molecule has 1 amide bonds. The predicted octanol–water partition coefficient (Wildman–Crippen LogP) is 4.25. The molecular weight excluding hydrogens is 320 g/mol. The molecule has 130 valence electrons. The smallest absolute Gasteiger partial charge is 0.312 e. The maximum absolute atomic E-state index is 11.9. The molecule has 0 bridgehead atoms. The Morgan fingerprint density at radius 3 is 2.36 bits per heavy atom. The van der Waals surface area contributed by atoms with Gasteiger partial charge in [0.1, 0.15) is 0 Å². The minimum Gasteiger partial charge on any atom is -0.502 e. The molecule has 0 heterocycles. The van der Waals surface area contributed by atoms with Crippen LogP contribution in [0.15, 0.2) is 48.5 Å². The van der Waals surface area contributed by atoms with Crippen LogP contribution in [0.2, 0.25) is 0 Å². The summed E-state index contributed by atoms with van der Waals surface area (Å²) in [5.74, 6) is -0.864. The van der Waals surface area contributed by atoms with Crippen molar-refractivity contribution < 1.29 is 14.8 Å². The van der Waals surface area contributed by atoms with Gasteiger partial charge in [0.05, 0.1) is 4.92 Å². The van der Waals surface area contributed by atoms with Crippen molar-refractivity contribution in [1.82, 2.24) is 0 Å². The molecule has 2 N–H and O–H groups in total. The van der Waals surface area contributed by atoms with Crippen molar-refractivity contribution in [3.63, 3.8) is 0 Å². The monoisotopic (exact) mass is 340 g/mol. The van der Waals surface area contributed by atoms with Gasteiger partial charge >= 0.3 is 5.69 Å². The van der Waals surface area contributed by atoms with Crippen LogP contribution in [0.25, 0.3) is 6.08 Å². The molecule has 0 atom stereocenters. The van der Waals surface area contributed by atoms with Crippen LogP contribution in [0.1, 0.15) is 31.9 Å². The topological polar surface area (TPSA) is 92.5 Å². The first-order valence-corrected chi connectivity index (χ1v) is 7.74. The summed E-state index contributed by atoms with van der Waals surface area (Å²) < 4.78 is 0. The number of amides is 1. The summed E-state index contributed by atoms with van der Waals surface area (Å²) in [6.07, 6.45) is 3.02. The molecule has 0 saturated heterocycles. The van der Waals surface area contributed by atoms with E-state index in [1.165, 1.54) is 23.8 Å². The third-order valence-corrected chi connectivity index (χ3v) is 3.64. The number of phenolic OH excluding ortho intramolecular Hbond substituents is 1. The number of carbonyl (C=O) groups is 1. The van der Waals surface area contributed by atoms with Crippen molar-refractivity contribution in [2.75, 3.05) is 5.32 Å². The molecule has 0 aliphatic carbocycles. The number of anilines is 1. The third-order valence-electron chi connectivity index (χ3n) is 3.64. The van der Waals surface area contributed by atoms with E-state index in [1.807, 2.05) is 24.3 Å². The third kappa shape index (κ3) is 4.91. The van der Waals surface area contributed by atoms with E-state index < -0.39 is 22.3 Å². The van der Waals surface area contributed by atoms with Crippen molar-refractivity contribution in [2.24, 2.45) is 0 Å². The summed E-state index contributed by atoms with van der Waals surface area (Å²) in [4.78, 5) is 22.0. The van der Waals surface area contributed by atoms with Gasteiger partial charge in [-0.15, -0.1) is 0 Å². The zero-order chi connectivity index (χ0) is 18.6. The summed E-state index contributed by atoms with van der Waals surface area (Å²) in [7, 11) is 0. The van der Waals surface area contributed by atoms with Gasteiger partial charge in [0, 0.05) is 17.8 Å². The first-order valence-electron chi connectivity index (χ1n) is 7.74. The molecule has 0 unspecified atom stereocenters. The number of benzene rings is 2. The van der Waals surface area contributed by atoms with Crippen LogP contribution in [0, 0.1) is 10.1 Å². The van der Waals surface area contributed by atoms with Gasteiger partial charge in [0.25, 0.3) is 0 Å². The second kappa shape index (κ2) is 7.17. The molecule has 0 aliphatic heterocycles. The minimum atomic E-state index is -0.711. The SMILES string of the molecule is CC(C)(C)c1ccc(C=CC(=O)Nc2ccc(O)c([N+](=O)[O-])c2)cc1. The zero-order valence-electron chi connectivity index (χ0n) is 14.3. The molecular formula is C19H20N2O4. The number of rotatable bonds is 4. The molecule has 2 aromatic rings. The van der Waals surface area contributed by atoms with Gasteiger partial charge < -0.3 is 10.4 Å². The predicted molar refractivity (Wildman–Crippen MR) is 97.6 cm³/mol. The average Bonchev–Trinajstić information content (AvgIpc) is 2.54. The summed E-state index contributed by atoms with van der Waals surface area (Å²) in [6.45, 7) is 6.38. The fourth-order valence-electron chi connectivity index (χ4n) is 2.20. The van der Waals surface area contributed by atoms with Crippen LogP contribution >= 0.6 is 0 Å². The van der Waals surface area contributed by atoms with E-state index in [-0.39, 0.29) is 11.1 Å². The highest BCUT2D eigenvalue weighted by atomic mass is 16.6. The zero-order valence-corrected chi connectivity index (χ0v) is 14.3. The number of nitrogens with one attached hydrogen (secondary N) is 1. The van der Waals surface area contributed by atoms with Crippen LogP contribution in [0.4, 0.5) is 11.4 Å². The standard InChI is InChI=1S/C19H20N2O4/c1-19(2,3)14-7-4-13(5-8-14)6-11-18(23)20-15-9-10-17(22)16(12-15)21(24)25/h4-12,22H,1-3H3,(H,20,23). The summed E-state index contributed by atoms with van der Waals surface area (Å²) in [5, 5.41) is 22.7. The van der Waals surface area contributed by atoms with Gasteiger partial charge in [-0.05, 0) is 34.8 Å².